The molecule has 2 atom stereocenters. The molecule has 0 aliphatic heterocycles. The summed E-state index contributed by atoms with van der Waals surface area (Å²) in [6, 6.07) is 20.5. The van der Waals surface area contributed by atoms with Gasteiger partial charge in [-0.15, -0.1) is 0 Å². The second-order valence-electron chi connectivity index (χ2n) is 8.26. The molecule has 4 rings (SSSR count). The molecule has 0 saturated heterocycles. The molecule has 2 unspecified atom stereocenters. The van der Waals surface area contributed by atoms with E-state index >= 15 is 4.39 Å². The third kappa shape index (κ3) is 4.79. The first kappa shape index (κ1) is 19.1. The molecule has 0 radical (unpaired) electrons. The highest BCUT2D eigenvalue weighted by Gasteiger charge is 2.42. The molecule has 0 bridgehead atoms. The molecule has 0 amide bonds. The van der Waals surface area contributed by atoms with E-state index in [4.69, 9.17) is 4.74 Å². The predicted molar refractivity (Wildman–Crippen MR) is 108 cm³/mol. The lowest BCUT2D eigenvalue weighted by Crippen LogP contribution is -2.42. The number of hydrogen-bond donors (Lipinski definition) is 1. The van der Waals surface area contributed by atoms with E-state index in [1.807, 2.05) is 36.4 Å². The second kappa shape index (κ2) is 8.44. The van der Waals surface area contributed by atoms with E-state index in [9.17, 15) is 4.79 Å². The highest BCUT2D eigenvalue weighted by Crippen LogP contribution is 2.42. The number of carbonyl (C=O) groups excluding carboxylic acids is 1. The van der Waals surface area contributed by atoms with Crippen LogP contribution in [0.5, 0.6) is 0 Å². The Morgan fingerprint density at radius 1 is 1.04 bits per heavy atom. The van der Waals surface area contributed by atoms with Crippen LogP contribution >= 0.6 is 0 Å². The summed E-state index contributed by atoms with van der Waals surface area (Å²) in [7, 11) is 0. The van der Waals surface area contributed by atoms with Crippen molar-refractivity contribution in [3.8, 4) is 0 Å². The summed E-state index contributed by atoms with van der Waals surface area (Å²) in [6.45, 7) is 0.674. The SMILES string of the molecule is O=C(OCc1ccccc1)C1CCC(F)(CNC2CC2c2ccccc2)CC1. The molecular formula is C24H28FNO2. The first-order valence-electron chi connectivity index (χ1n) is 10.3. The molecule has 1 N–H and O–H groups in total. The van der Waals surface area contributed by atoms with Crippen LogP contribution in [0.2, 0.25) is 0 Å². The van der Waals surface area contributed by atoms with Crippen molar-refractivity contribution in [2.24, 2.45) is 5.92 Å². The number of hydrogen-bond acceptors (Lipinski definition) is 3. The average Bonchev–Trinajstić information content (AvgIpc) is 3.53. The Balaban J connectivity index is 1.18. The van der Waals surface area contributed by atoms with Crippen molar-refractivity contribution >= 4 is 5.97 Å². The predicted octanol–water partition coefficient (Wildman–Crippen LogP) is 4.77. The van der Waals surface area contributed by atoms with E-state index in [1.54, 1.807) is 0 Å². The fraction of sp³-hybridized carbons (Fsp3) is 0.458. The minimum absolute atomic E-state index is 0.175. The van der Waals surface area contributed by atoms with E-state index in [0.717, 1.165) is 12.0 Å². The number of alkyl halides is 1. The topological polar surface area (TPSA) is 38.3 Å². The maximum Gasteiger partial charge on any atom is 0.309 e. The monoisotopic (exact) mass is 381 g/mol. The number of rotatable bonds is 7. The zero-order valence-corrected chi connectivity index (χ0v) is 16.1. The number of esters is 1. The minimum Gasteiger partial charge on any atom is -0.461 e. The average molecular weight is 381 g/mol. The number of halogens is 1. The van der Waals surface area contributed by atoms with Gasteiger partial charge in [-0.25, -0.2) is 4.39 Å². The number of ether oxygens (including phenoxy) is 1. The van der Waals surface area contributed by atoms with Crippen molar-refractivity contribution < 1.29 is 13.9 Å². The van der Waals surface area contributed by atoms with E-state index in [0.29, 0.717) is 50.8 Å². The number of nitrogens with one attached hydrogen (secondary N) is 1. The first-order valence-corrected chi connectivity index (χ1v) is 10.3. The maximum absolute atomic E-state index is 15.2. The quantitative estimate of drug-likeness (QED) is 0.702. The van der Waals surface area contributed by atoms with Gasteiger partial charge in [0.05, 0.1) is 5.92 Å². The van der Waals surface area contributed by atoms with Crippen molar-refractivity contribution in [1.82, 2.24) is 5.32 Å². The number of carbonyl (C=O) groups is 1. The van der Waals surface area contributed by atoms with Crippen LogP contribution in [0.1, 0.15) is 49.1 Å². The van der Waals surface area contributed by atoms with Crippen molar-refractivity contribution in [1.29, 1.82) is 0 Å². The van der Waals surface area contributed by atoms with Gasteiger partial charge in [0.25, 0.3) is 0 Å². The Kier molecular flexibility index (Phi) is 5.77. The van der Waals surface area contributed by atoms with Crippen molar-refractivity contribution in [2.45, 2.75) is 56.3 Å². The summed E-state index contributed by atoms with van der Waals surface area (Å²) in [6.07, 6.45) is 3.06. The Morgan fingerprint density at radius 3 is 2.36 bits per heavy atom. The lowest BCUT2D eigenvalue weighted by Gasteiger charge is -2.33. The summed E-state index contributed by atoms with van der Waals surface area (Å²) < 4.78 is 20.6. The van der Waals surface area contributed by atoms with Gasteiger partial charge in [0.2, 0.25) is 0 Å². The van der Waals surface area contributed by atoms with Crippen LogP contribution in [-0.2, 0) is 16.1 Å². The summed E-state index contributed by atoms with van der Waals surface area (Å²) in [5, 5.41) is 3.41. The van der Waals surface area contributed by atoms with Crippen LogP contribution in [0.3, 0.4) is 0 Å². The lowest BCUT2D eigenvalue weighted by molar-refractivity contribution is -0.152. The number of benzene rings is 2. The van der Waals surface area contributed by atoms with Gasteiger partial charge in [-0.05, 0) is 43.2 Å². The first-order chi connectivity index (χ1) is 13.6. The molecule has 2 aromatic carbocycles. The van der Waals surface area contributed by atoms with Gasteiger partial charge in [0.1, 0.15) is 12.3 Å². The maximum atomic E-state index is 15.2. The van der Waals surface area contributed by atoms with Gasteiger partial charge in [0.15, 0.2) is 0 Å². The molecular weight excluding hydrogens is 353 g/mol. The summed E-state index contributed by atoms with van der Waals surface area (Å²) in [4.78, 5) is 12.3. The van der Waals surface area contributed by atoms with Gasteiger partial charge in [0, 0.05) is 18.5 Å². The highest BCUT2D eigenvalue weighted by molar-refractivity contribution is 5.72. The zero-order valence-electron chi connectivity index (χ0n) is 16.1. The van der Waals surface area contributed by atoms with Crippen LogP contribution in [0.4, 0.5) is 4.39 Å². The minimum atomic E-state index is -1.21. The zero-order chi connectivity index (χ0) is 19.4. The van der Waals surface area contributed by atoms with Gasteiger partial charge in [-0.3, -0.25) is 4.79 Å². The van der Waals surface area contributed by atoms with E-state index in [2.05, 4.69) is 29.6 Å². The molecule has 2 aromatic rings. The Morgan fingerprint density at radius 2 is 1.68 bits per heavy atom. The summed E-state index contributed by atoms with van der Waals surface area (Å²) >= 11 is 0. The van der Waals surface area contributed by atoms with Crippen molar-refractivity contribution in [3.63, 3.8) is 0 Å². The smallest absolute Gasteiger partial charge is 0.309 e. The fourth-order valence-corrected chi connectivity index (χ4v) is 4.20. The highest BCUT2D eigenvalue weighted by atomic mass is 19.1. The van der Waals surface area contributed by atoms with Gasteiger partial charge in [-0.2, -0.15) is 0 Å². The van der Waals surface area contributed by atoms with E-state index < -0.39 is 5.67 Å². The summed E-state index contributed by atoms with van der Waals surface area (Å²) in [5.41, 5.74) is 1.10. The van der Waals surface area contributed by atoms with Crippen molar-refractivity contribution in [3.05, 3.63) is 71.8 Å². The van der Waals surface area contributed by atoms with Gasteiger partial charge in [-0.1, -0.05) is 60.7 Å². The normalized spacial score (nSPS) is 29.2. The molecule has 2 fully saturated rings. The Hall–Kier alpha value is -2.20. The van der Waals surface area contributed by atoms with Gasteiger partial charge >= 0.3 is 5.97 Å². The molecule has 4 heteroatoms. The van der Waals surface area contributed by atoms with Crippen LogP contribution < -0.4 is 5.32 Å². The van der Waals surface area contributed by atoms with E-state index in [1.165, 1.54) is 5.56 Å². The van der Waals surface area contributed by atoms with Crippen LogP contribution in [0.25, 0.3) is 0 Å². The molecule has 2 saturated carbocycles. The molecule has 3 nitrogen and oxygen atoms in total. The molecule has 2 aliphatic rings. The van der Waals surface area contributed by atoms with Crippen LogP contribution in [0.15, 0.2) is 60.7 Å². The van der Waals surface area contributed by atoms with Gasteiger partial charge < -0.3 is 10.1 Å². The molecule has 0 spiro atoms. The third-order valence-corrected chi connectivity index (χ3v) is 6.14. The lowest BCUT2D eigenvalue weighted by atomic mass is 9.80. The molecule has 0 aromatic heterocycles. The molecule has 148 valence electrons. The van der Waals surface area contributed by atoms with E-state index in [-0.39, 0.29) is 11.9 Å². The molecule has 2 aliphatic carbocycles. The molecule has 0 heterocycles. The Bertz CT molecular complexity index is 772. The standard InChI is InChI=1S/C24H28FNO2/c25-24(17-26-22-15-21(22)19-9-5-2-6-10-19)13-11-20(12-14-24)23(27)28-16-18-7-3-1-4-8-18/h1-10,20-22,26H,11-17H2. The van der Waals surface area contributed by atoms with Crippen molar-refractivity contribution in [2.75, 3.05) is 6.54 Å². The van der Waals surface area contributed by atoms with Crippen LogP contribution in [0, 0.1) is 5.92 Å². The fourth-order valence-electron chi connectivity index (χ4n) is 4.20. The van der Waals surface area contributed by atoms with Crippen LogP contribution in [-0.4, -0.2) is 24.2 Å². The summed E-state index contributed by atoms with van der Waals surface area (Å²) in [5.74, 6) is 0.143. The Labute approximate surface area is 166 Å². The second-order valence-corrected chi connectivity index (χ2v) is 8.26. The third-order valence-electron chi connectivity index (χ3n) is 6.14. The largest absolute Gasteiger partial charge is 0.461 e. The molecule has 28 heavy (non-hydrogen) atoms.